The summed E-state index contributed by atoms with van der Waals surface area (Å²) in [5.74, 6) is 0. The quantitative estimate of drug-likeness (QED) is 0.538. The first-order chi connectivity index (χ1) is 14.6. The molecular weight excluding hydrogens is 476 g/mol. The minimum Gasteiger partial charge on any atom is -0.323 e. The van der Waals surface area contributed by atoms with Crippen molar-refractivity contribution in [3.63, 3.8) is 0 Å². The van der Waals surface area contributed by atoms with E-state index in [1.165, 1.54) is 16.7 Å². The molecule has 0 radical (unpaired) electrons. The predicted octanol–water partition coefficient (Wildman–Crippen LogP) is 5.15. The molecule has 1 aliphatic carbocycles. The van der Waals surface area contributed by atoms with E-state index in [0.717, 1.165) is 41.1 Å². The lowest BCUT2D eigenvalue weighted by Gasteiger charge is -2.42. The van der Waals surface area contributed by atoms with E-state index < -0.39 is 0 Å². The van der Waals surface area contributed by atoms with Gasteiger partial charge in [0, 0.05) is 54.5 Å². The number of carbonyl (C=O) groups is 1. The Bertz CT molecular complexity index is 929. The van der Waals surface area contributed by atoms with Gasteiger partial charge in [-0.15, -0.1) is 0 Å². The molecule has 2 aliphatic rings. The number of hydrogen-bond donors (Lipinski definition) is 0. The van der Waals surface area contributed by atoms with Crippen LogP contribution in [0.2, 0.25) is 5.02 Å². The molecule has 2 heterocycles. The number of benzene rings is 1. The first kappa shape index (κ1) is 22.6. The van der Waals surface area contributed by atoms with Gasteiger partial charge >= 0.3 is 6.03 Å². The Morgan fingerprint density at radius 3 is 2.48 bits per heavy atom. The Balaban J connectivity index is 1.62. The molecule has 2 amide bonds. The van der Waals surface area contributed by atoms with E-state index in [-0.39, 0.29) is 17.6 Å². The van der Waals surface area contributed by atoms with Gasteiger partial charge in [0.25, 0.3) is 0 Å². The minimum absolute atomic E-state index is 0.0791. The molecule has 7 heteroatoms. The second-order valence-corrected chi connectivity index (χ2v) is 10.8. The summed E-state index contributed by atoms with van der Waals surface area (Å²) in [5.41, 5.74) is 4.78. The molecule has 4 rings (SSSR count). The van der Waals surface area contributed by atoms with Crippen LogP contribution in [0.4, 0.5) is 4.79 Å². The number of aryl methyl sites for hydroxylation is 2. The van der Waals surface area contributed by atoms with Gasteiger partial charge < -0.3 is 9.80 Å². The van der Waals surface area contributed by atoms with Gasteiger partial charge in [0.05, 0.1) is 11.7 Å². The van der Waals surface area contributed by atoms with Crippen LogP contribution >= 0.6 is 27.5 Å². The number of rotatable bonds is 1. The Kier molecular flexibility index (Phi) is 6.35. The van der Waals surface area contributed by atoms with Crippen LogP contribution in [0.3, 0.4) is 0 Å². The largest absolute Gasteiger partial charge is 0.323 e. The van der Waals surface area contributed by atoms with Gasteiger partial charge in [-0.25, -0.2) is 4.79 Å². The fourth-order valence-electron chi connectivity index (χ4n) is 4.45. The molecule has 0 bridgehead atoms. The van der Waals surface area contributed by atoms with Gasteiger partial charge in [0.15, 0.2) is 0 Å². The molecule has 2 aromatic rings. The molecule has 5 nitrogen and oxygen atoms in total. The number of piperazine rings is 1. The highest BCUT2D eigenvalue weighted by Crippen LogP contribution is 2.38. The maximum atomic E-state index is 13.0. The third-order valence-corrected chi connectivity index (χ3v) is 7.20. The zero-order valence-corrected chi connectivity index (χ0v) is 21.0. The average Bonchev–Trinajstić information content (AvgIpc) is 2.88. The van der Waals surface area contributed by atoms with E-state index in [0.29, 0.717) is 13.1 Å². The number of pyridine rings is 1. The molecule has 1 aromatic carbocycles. The number of urea groups is 1. The second-order valence-electron chi connectivity index (χ2n) is 9.48. The first-order valence-corrected chi connectivity index (χ1v) is 12.0. The van der Waals surface area contributed by atoms with E-state index in [9.17, 15) is 4.79 Å². The van der Waals surface area contributed by atoms with Crippen molar-refractivity contribution < 1.29 is 4.79 Å². The highest BCUT2D eigenvalue weighted by Gasteiger charge is 2.35. The minimum atomic E-state index is -0.191. The lowest BCUT2D eigenvalue weighted by atomic mass is 9.96. The molecule has 1 aromatic heterocycles. The third-order valence-electron chi connectivity index (χ3n) is 6.53. The number of hydrogen-bond acceptors (Lipinski definition) is 3. The summed E-state index contributed by atoms with van der Waals surface area (Å²) < 4.78 is 1.01. The van der Waals surface area contributed by atoms with Crippen molar-refractivity contribution in [2.75, 3.05) is 33.2 Å². The van der Waals surface area contributed by atoms with Crippen molar-refractivity contribution in [3.8, 4) is 0 Å². The van der Waals surface area contributed by atoms with Crippen molar-refractivity contribution in [3.05, 3.63) is 62.3 Å². The Labute approximate surface area is 198 Å². The van der Waals surface area contributed by atoms with Crippen molar-refractivity contribution in [1.82, 2.24) is 19.7 Å². The Morgan fingerprint density at radius 1 is 1.13 bits per heavy atom. The summed E-state index contributed by atoms with van der Waals surface area (Å²) in [6.45, 7) is 9.25. The molecular formula is C24H30BrClN4O. The van der Waals surface area contributed by atoms with E-state index in [2.05, 4.69) is 59.8 Å². The molecule has 166 valence electrons. The number of nitrogens with zero attached hydrogens (tertiary/aromatic N) is 4. The number of aromatic nitrogens is 1. The predicted molar refractivity (Wildman–Crippen MR) is 129 cm³/mol. The molecule has 1 saturated heterocycles. The fourth-order valence-corrected chi connectivity index (χ4v) is 5.03. The zero-order chi connectivity index (χ0) is 22.3. The van der Waals surface area contributed by atoms with Crippen LogP contribution in [0.15, 0.2) is 34.9 Å². The SMILES string of the molecule is CN(C(=O)N1CCN(C2c3ccc(Cl)cc3CCc3cc(Br)cnc32)CC1)C(C)(C)C. The van der Waals surface area contributed by atoms with Crippen molar-refractivity contribution >= 4 is 33.6 Å². The van der Waals surface area contributed by atoms with Gasteiger partial charge in [-0.05, 0) is 84.4 Å². The van der Waals surface area contributed by atoms with Crippen molar-refractivity contribution in [1.29, 1.82) is 0 Å². The third kappa shape index (κ3) is 4.62. The number of fused-ring (bicyclic) bond motifs is 2. The van der Waals surface area contributed by atoms with Gasteiger partial charge in [0.1, 0.15) is 0 Å². The maximum Gasteiger partial charge on any atom is 0.320 e. The van der Waals surface area contributed by atoms with Crippen LogP contribution in [0, 0.1) is 0 Å². The maximum absolute atomic E-state index is 13.0. The molecule has 0 spiro atoms. The molecule has 1 fully saturated rings. The van der Waals surface area contributed by atoms with Crippen molar-refractivity contribution in [2.24, 2.45) is 0 Å². The standard InChI is InChI=1S/C24H30BrClN4O/c1-24(2,3)28(4)23(31)30-11-9-29(10-12-30)22-20-8-7-19(26)14-16(20)5-6-17-13-18(25)15-27-21(17)22/h7-8,13-15,22H,5-6,9-12H2,1-4H3. The number of carbonyl (C=O) groups excluding carboxylic acids is 1. The van der Waals surface area contributed by atoms with E-state index >= 15 is 0 Å². The van der Waals surface area contributed by atoms with Crippen LogP contribution in [-0.2, 0) is 12.8 Å². The summed E-state index contributed by atoms with van der Waals surface area (Å²) >= 11 is 9.92. The van der Waals surface area contributed by atoms with Crippen LogP contribution in [-0.4, -0.2) is 64.5 Å². The fraction of sp³-hybridized carbons (Fsp3) is 0.500. The average molecular weight is 506 g/mol. The molecule has 0 N–H and O–H groups in total. The number of halogens is 2. The Morgan fingerprint density at radius 2 is 1.81 bits per heavy atom. The summed E-state index contributed by atoms with van der Waals surface area (Å²) in [4.78, 5) is 24.1. The normalized spacial score (nSPS) is 19.4. The molecule has 1 atom stereocenters. The van der Waals surface area contributed by atoms with E-state index in [1.54, 1.807) is 0 Å². The summed E-state index contributed by atoms with van der Waals surface area (Å²) in [5, 5.41) is 0.776. The van der Waals surface area contributed by atoms with Gasteiger partial charge in [-0.1, -0.05) is 17.7 Å². The van der Waals surface area contributed by atoms with Crippen LogP contribution < -0.4 is 0 Å². The zero-order valence-electron chi connectivity index (χ0n) is 18.7. The number of amides is 2. The Hall–Kier alpha value is -1.63. The monoisotopic (exact) mass is 504 g/mol. The lowest BCUT2D eigenvalue weighted by molar-refractivity contribution is 0.0856. The van der Waals surface area contributed by atoms with E-state index in [4.69, 9.17) is 16.6 Å². The first-order valence-electron chi connectivity index (χ1n) is 10.8. The topological polar surface area (TPSA) is 39.7 Å². The van der Waals surface area contributed by atoms with Gasteiger partial charge in [-0.2, -0.15) is 0 Å². The van der Waals surface area contributed by atoms with Crippen LogP contribution in [0.25, 0.3) is 0 Å². The smallest absolute Gasteiger partial charge is 0.320 e. The highest BCUT2D eigenvalue weighted by molar-refractivity contribution is 9.10. The summed E-state index contributed by atoms with van der Waals surface area (Å²) in [7, 11) is 1.89. The van der Waals surface area contributed by atoms with Crippen LogP contribution in [0.5, 0.6) is 0 Å². The van der Waals surface area contributed by atoms with Crippen LogP contribution in [0.1, 0.15) is 49.2 Å². The summed E-state index contributed by atoms with van der Waals surface area (Å²) in [6, 6.07) is 8.61. The van der Waals surface area contributed by atoms with Gasteiger partial charge in [0.2, 0.25) is 0 Å². The molecule has 1 aliphatic heterocycles. The molecule has 1 unspecified atom stereocenters. The molecule has 0 saturated carbocycles. The highest BCUT2D eigenvalue weighted by atomic mass is 79.9. The molecule has 31 heavy (non-hydrogen) atoms. The van der Waals surface area contributed by atoms with E-state index in [1.807, 2.05) is 29.1 Å². The van der Waals surface area contributed by atoms with Gasteiger partial charge in [-0.3, -0.25) is 9.88 Å². The second kappa shape index (κ2) is 8.72. The van der Waals surface area contributed by atoms with Crippen molar-refractivity contribution in [2.45, 2.75) is 45.2 Å². The lowest BCUT2D eigenvalue weighted by Crippen LogP contribution is -2.56. The summed E-state index contributed by atoms with van der Waals surface area (Å²) in [6.07, 6.45) is 3.79.